The van der Waals surface area contributed by atoms with Crippen molar-refractivity contribution in [1.29, 1.82) is 0 Å². The van der Waals surface area contributed by atoms with Crippen LogP contribution in [-0.4, -0.2) is 17.4 Å². The lowest BCUT2D eigenvalue weighted by molar-refractivity contribution is -0.137. The van der Waals surface area contributed by atoms with Crippen molar-refractivity contribution in [1.82, 2.24) is 0 Å². The monoisotopic (exact) mass is 326 g/mol. The fraction of sp³-hybridized carbons (Fsp3) is 0.364. The topological polar surface area (TPSA) is 17.1 Å². The maximum Gasteiger partial charge on any atom is 0.416 e. The van der Waals surface area contributed by atoms with Gasteiger partial charge in [0.1, 0.15) is 5.78 Å². The average Bonchev–Trinajstić information content (AvgIpc) is 2.27. The molecule has 0 fully saturated rings. The van der Waals surface area contributed by atoms with Crippen molar-refractivity contribution in [2.45, 2.75) is 17.5 Å². The van der Waals surface area contributed by atoms with E-state index in [-0.39, 0.29) is 17.5 Å². The zero-order chi connectivity index (χ0) is 13.1. The Kier molecular flexibility index (Phi) is 5.06. The molecule has 0 unspecified atom stereocenters. The molecule has 1 rings (SSSR count). The Labute approximate surface area is 110 Å². The number of benzene rings is 1. The molecule has 1 aromatic rings. The quantitative estimate of drug-likeness (QED) is 0.616. The summed E-state index contributed by atoms with van der Waals surface area (Å²) >= 11 is 4.21. The summed E-state index contributed by atoms with van der Waals surface area (Å²) in [4.78, 5) is 11.7. The summed E-state index contributed by atoms with van der Waals surface area (Å²) in [6, 6.07) is 3.73. The van der Waals surface area contributed by atoms with Crippen LogP contribution in [0, 0.1) is 0 Å². The fourth-order valence-electron chi connectivity index (χ4n) is 1.32. The molecule has 6 heteroatoms. The molecular weight excluding hydrogens is 317 g/mol. The van der Waals surface area contributed by atoms with E-state index in [2.05, 4.69) is 15.9 Å². The van der Waals surface area contributed by atoms with Crippen LogP contribution in [0.2, 0.25) is 0 Å². The van der Waals surface area contributed by atoms with Crippen LogP contribution in [0.25, 0.3) is 0 Å². The molecule has 1 aromatic carbocycles. The van der Waals surface area contributed by atoms with E-state index in [1.54, 1.807) is 12.3 Å². The molecule has 0 N–H and O–H groups in total. The lowest BCUT2D eigenvalue weighted by atomic mass is 10.1. The maximum absolute atomic E-state index is 12.6. The van der Waals surface area contributed by atoms with Crippen LogP contribution < -0.4 is 0 Å². The van der Waals surface area contributed by atoms with E-state index < -0.39 is 11.7 Å². The summed E-state index contributed by atoms with van der Waals surface area (Å²) in [5.74, 6) is -0.142. The summed E-state index contributed by atoms with van der Waals surface area (Å²) in [5.41, 5.74) is -0.310. The predicted octanol–water partition coefficient (Wildman–Crippen LogP) is 3.93. The van der Waals surface area contributed by atoms with Crippen molar-refractivity contribution < 1.29 is 18.0 Å². The summed E-state index contributed by atoms with van der Waals surface area (Å²) in [6.45, 7) is 0. The molecule has 0 heterocycles. The third-order valence-electron chi connectivity index (χ3n) is 2.08. The van der Waals surface area contributed by atoms with Gasteiger partial charge in [0.15, 0.2) is 0 Å². The highest BCUT2D eigenvalue weighted by molar-refractivity contribution is 9.09. The van der Waals surface area contributed by atoms with Crippen molar-refractivity contribution in [3.8, 4) is 0 Å². The lowest BCUT2D eigenvalue weighted by Gasteiger charge is -2.10. The molecule has 0 saturated heterocycles. The largest absolute Gasteiger partial charge is 0.416 e. The standard InChI is InChI=1S/C11H10BrF3OS/c1-17-10-4-7(3-9(16)6-12)2-8(5-10)11(13,14)15/h2,4-5H,3,6H2,1H3. The van der Waals surface area contributed by atoms with Gasteiger partial charge in [-0.3, -0.25) is 4.79 Å². The second-order valence-corrected chi connectivity index (χ2v) is 4.86. The van der Waals surface area contributed by atoms with E-state index >= 15 is 0 Å². The maximum atomic E-state index is 12.6. The highest BCUT2D eigenvalue weighted by Gasteiger charge is 2.31. The minimum atomic E-state index is -4.38. The van der Waals surface area contributed by atoms with E-state index in [0.29, 0.717) is 10.5 Å². The Bertz CT molecular complexity index is 418. The molecule has 0 amide bonds. The first-order valence-corrected chi connectivity index (χ1v) is 7.04. The summed E-state index contributed by atoms with van der Waals surface area (Å²) in [7, 11) is 0. The minimum Gasteiger partial charge on any atom is -0.298 e. The number of carbonyl (C=O) groups excluding carboxylic acids is 1. The van der Waals surface area contributed by atoms with Gasteiger partial charge in [0.05, 0.1) is 10.9 Å². The van der Waals surface area contributed by atoms with Crippen LogP contribution in [0.15, 0.2) is 23.1 Å². The smallest absolute Gasteiger partial charge is 0.298 e. The van der Waals surface area contributed by atoms with E-state index in [0.717, 1.165) is 12.1 Å². The molecule has 0 atom stereocenters. The van der Waals surface area contributed by atoms with Crippen LogP contribution >= 0.6 is 27.7 Å². The van der Waals surface area contributed by atoms with Gasteiger partial charge in [-0.15, -0.1) is 11.8 Å². The second-order valence-electron chi connectivity index (χ2n) is 3.42. The number of halogens is 4. The van der Waals surface area contributed by atoms with E-state index in [4.69, 9.17) is 0 Å². The van der Waals surface area contributed by atoms with Gasteiger partial charge in [-0.25, -0.2) is 0 Å². The molecule has 0 aromatic heterocycles. The first kappa shape index (κ1) is 14.6. The van der Waals surface area contributed by atoms with Crippen molar-refractivity contribution in [2.75, 3.05) is 11.6 Å². The summed E-state index contributed by atoms with van der Waals surface area (Å²) in [5, 5.41) is 0.151. The van der Waals surface area contributed by atoms with Crippen molar-refractivity contribution in [2.24, 2.45) is 0 Å². The van der Waals surface area contributed by atoms with Crippen LogP contribution in [0.5, 0.6) is 0 Å². The Morgan fingerprint density at radius 2 is 2.00 bits per heavy atom. The normalized spacial score (nSPS) is 11.6. The third kappa shape index (κ3) is 4.35. The molecule has 0 aliphatic carbocycles. The molecule has 17 heavy (non-hydrogen) atoms. The van der Waals surface area contributed by atoms with Gasteiger partial charge in [0.2, 0.25) is 0 Å². The van der Waals surface area contributed by atoms with E-state index in [1.165, 1.54) is 11.8 Å². The van der Waals surface area contributed by atoms with E-state index in [9.17, 15) is 18.0 Å². The van der Waals surface area contributed by atoms with Gasteiger partial charge in [-0.1, -0.05) is 15.9 Å². The third-order valence-corrected chi connectivity index (χ3v) is 3.41. The Hall–Kier alpha value is -0.490. The number of ketones is 1. The molecule has 94 valence electrons. The molecule has 1 nitrogen and oxygen atoms in total. The summed E-state index contributed by atoms with van der Waals surface area (Å²) < 4.78 is 37.8. The number of hydrogen-bond acceptors (Lipinski definition) is 2. The van der Waals surface area contributed by atoms with Crippen molar-refractivity contribution >= 4 is 33.5 Å². The van der Waals surface area contributed by atoms with Crippen molar-refractivity contribution in [3.05, 3.63) is 29.3 Å². The van der Waals surface area contributed by atoms with Gasteiger partial charge in [0.25, 0.3) is 0 Å². The highest BCUT2D eigenvalue weighted by Crippen LogP contribution is 2.32. The molecule has 0 saturated carbocycles. The van der Waals surface area contributed by atoms with Gasteiger partial charge < -0.3 is 0 Å². The van der Waals surface area contributed by atoms with E-state index in [1.807, 2.05) is 0 Å². The Morgan fingerprint density at radius 3 is 2.47 bits per heavy atom. The number of thioether (sulfide) groups is 1. The van der Waals surface area contributed by atoms with Crippen molar-refractivity contribution in [3.63, 3.8) is 0 Å². The van der Waals surface area contributed by atoms with Gasteiger partial charge in [-0.2, -0.15) is 13.2 Å². The lowest BCUT2D eigenvalue weighted by Crippen LogP contribution is -2.08. The zero-order valence-corrected chi connectivity index (χ0v) is 11.4. The first-order valence-electron chi connectivity index (χ1n) is 4.69. The van der Waals surface area contributed by atoms with Crippen LogP contribution in [0.4, 0.5) is 13.2 Å². The zero-order valence-electron chi connectivity index (χ0n) is 8.97. The van der Waals surface area contributed by atoms with Crippen LogP contribution in [-0.2, 0) is 17.4 Å². The first-order chi connectivity index (χ1) is 7.86. The van der Waals surface area contributed by atoms with Crippen LogP contribution in [0.1, 0.15) is 11.1 Å². The molecular formula is C11H10BrF3OS. The van der Waals surface area contributed by atoms with Gasteiger partial charge in [-0.05, 0) is 30.0 Å². The van der Waals surface area contributed by atoms with Gasteiger partial charge in [0, 0.05) is 11.3 Å². The molecule has 0 aliphatic rings. The molecule has 0 spiro atoms. The van der Waals surface area contributed by atoms with Gasteiger partial charge >= 0.3 is 6.18 Å². The number of Topliss-reactive ketones (excluding diaryl/α,β-unsaturated/α-hetero) is 1. The minimum absolute atomic E-state index is 0.0166. The summed E-state index contributed by atoms with van der Waals surface area (Å²) in [6.07, 6.45) is -2.66. The molecule has 0 radical (unpaired) electrons. The number of hydrogen-bond donors (Lipinski definition) is 0. The second kappa shape index (κ2) is 5.91. The Morgan fingerprint density at radius 1 is 1.35 bits per heavy atom. The highest BCUT2D eigenvalue weighted by atomic mass is 79.9. The molecule has 0 bridgehead atoms. The SMILES string of the molecule is CSc1cc(CC(=O)CBr)cc(C(F)(F)F)c1. The average molecular weight is 327 g/mol. The predicted molar refractivity (Wildman–Crippen MR) is 65.7 cm³/mol. The number of rotatable bonds is 4. The molecule has 0 aliphatic heterocycles. The van der Waals surface area contributed by atoms with Crippen LogP contribution in [0.3, 0.4) is 0 Å². The fourth-order valence-corrected chi connectivity index (χ4v) is 2.03. The Balaban J connectivity index is 3.10. The number of alkyl halides is 4. The number of carbonyl (C=O) groups is 1.